The van der Waals surface area contributed by atoms with Gasteiger partial charge in [0.1, 0.15) is 0 Å². The number of carbonyl (C=O) groups is 1. The zero-order chi connectivity index (χ0) is 12.3. The van der Waals surface area contributed by atoms with Crippen molar-refractivity contribution in [2.24, 2.45) is 0 Å². The second kappa shape index (κ2) is 9.63. The van der Waals surface area contributed by atoms with Crippen molar-refractivity contribution in [1.29, 1.82) is 0 Å². The molecule has 0 aliphatic heterocycles. The maximum absolute atomic E-state index is 11.6. The van der Waals surface area contributed by atoms with Crippen LogP contribution in [0.15, 0.2) is 0 Å². The molecule has 0 radical (unpaired) electrons. The van der Waals surface area contributed by atoms with Gasteiger partial charge in [0.05, 0.1) is 0 Å². The van der Waals surface area contributed by atoms with Gasteiger partial charge in [0, 0.05) is 12.6 Å². The van der Waals surface area contributed by atoms with Gasteiger partial charge in [-0.3, -0.25) is 0 Å². The van der Waals surface area contributed by atoms with Crippen molar-refractivity contribution in [3.63, 3.8) is 0 Å². The fourth-order valence-corrected chi connectivity index (χ4v) is 2.73. The smallest absolute Gasteiger partial charge is 0.315 e. The zero-order valence-corrected chi connectivity index (χ0v) is 11.8. The van der Waals surface area contributed by atoms with Crippen LogP contribution in [0.1, 0.15) is 51.4 Å². The molecule has 1 fully saturated rings. The summed E-state index contributed by atoms with van der Waals surface area (Å²) in [4.78, 5) is 11.6. The average molecular weight is 258 g/mol. The quantitative estimate of drug-likeness (QED) is 0.689. The lowest BCUT2D eigenvalue weighted by molar-refractivity contribution is 0.232. The Morgan fingerprint density at radius 2 is 1.94 bits per heavy atom. The lowest BCUT2D eigenvalue weighted by atomic mass is 9.96. The van der Waals surface area contributed by atoms with Crippen molar-refractivity contribution in [3.8, 4) is 0 Å². The first-order valence-electron chi connectivity index (χ1n) is 6.86. The number of unbranched alkanes of at least 4 members (excludes halogenated alkanes) is 2. The van der Waals surface area contributed by atoms with Crippen LogP contribution in [0.5, 0.6) is 0 Å². The first-order valence-corrected chi connectivity index (χ1v) is 8.25. The zero-order valence-electron chi connectivity index (χ0n) is 11.0. The molecule has 0 unspecified atom stereocenters. The van der Waals surface area contributed by atoms with Gasteiger partial charge in [-0.25, -0.2) is 4.79 Å². The molecule has 0 heterocycles. The van der Waals surface area contributed by atoms with E-state index in [-0.39, 0.29) is 6.03 Å². The highest BCUT2D eigenvalue weighted by molar-refractivity contribution is 7.98. The lowest BCUT2D eigenvalue weighted by Gasteiger charge is -2.22. The molecule has 2 amide bonds. The molecule has 0 atom stereocenters. The Hall–Kier alpha value is -0.380. The average Bonchev–Trinajstić information content (AvgIpc) is 2.35. The molecular weight excluding hydrogens is 232 g/mol. The summed E-state index contributed by atoms with van der Waals surface area (Å²) in [5, 5.41) is 6.02. The van der Waals surface area contributed by atoms with E-state index < -0.39 is 0 Å². The Kier molecular flexibility index (Phi) is 8.32. The van der Waals surface area contributed by atoms with Crippen LogP contribution in [-0.2, 0) is 0 Å². The summed E-state index contributed by atoms with van der Waals surface area (Å²) in [6, 6.07) is 0.446. The minimum absolute atomic E-state index is 0.0294. The maximum Gasteiger partial charge on any atom is 0.315 e. The molecule has 0 bridgehead atoms. The van der Waals surface area contributed by atoms with E-state index >= 15 is 0 Å². The van der Waals surface area contributed by atoms with Crippen LogP contribution in [-0.4, -0.2) is 30.6 Å². The van der Waals surface area contributed by atoms with Crippen molar-refractivity contribution in [3.05, 3.63) is 0 Å². The number of hydrogen-bond donors (Lipinski definition) is 2. The Morgan fingerprint density at radius 1 is 1.18 bits per heavy atom. The molecular formula is C13H26N2OS. The molecule has 1 rings (SSSR count). The van der Waals surface area contributed by atoms with Gasteiger partial charge in [-0.15, -0.1) is 0 Å². The molecule has 0 spiro atoms. The minimum atomic E-state index is 0.0294. The molecule has 3 nitrogen and oxygen atoms in total. The van der Waals surface area contributed by atoms with E-state index in [9.17, 15) is 4.79 Å². The van der Waals surface area contributed by atoms with Crippen molar-refractivity contribution in [2.75, 3.05) is 18.6 Å². The summed E-state index contributed by atoms with van der Waals surface area (Å²) in [6.45, 7) is 0.812. The second-order valence-electron chi connectivity index (χ2n) is 4.79. The molecule has 1 saturated carbocycles. The Labute approximate surface area is 109 Å². The van der Waals surface area contributed by atoms with Crippen LogP contribution in [0.3, 0.4) is 0 Å². The number of rotatable bonds is 7. The van der Waals surface area contributed by atoms with Crippen LogP contribution in [0.2, 0.25) is 0 Å². The number of carbonyl (C=O) groups excluding carboxylic acids is 1. The van der Waals surface area contributed by atoms with Gasteiger partial charge in [-0.05, 0) is 37.7 Å². The molecule has 0 aromatic carbocycles. The fraction of sp³-hybridized carbons (Fsp3) is 0.923. The number of amides is 2. The largest absolute Gasteiger partial charge is 0.338 e. The van der Waals surface area contributed by atoms with Crippen molar-refractivity contribution >= 4 is 17.8 Å². The van der Waals surface area contributed by atoms with Crippen molar-refractivity contribution in [2.45, 2.75) is 57.4 Å². The summed E-state index contributed by atoms with van der Waals surface area (Å²) >= 11 is 1.89. The van der Waals surface area contributed by atoms with Gasteiger partial charge in [0.25, 0.3) is 0 Å². The van der Waals surface area contributed by atoms with Gasteiger partial charge in [-0.2, -0.15) is 11.8 Å². The number of hydrogen-bond acceptors (Lipinski definition) is 2. The van der Waals surface area contributed by atoms with E-state index in [4.69, 9.17) is 0 Å². The molecule has 1 aliphatic carbocycles. The molecule has 17 heavy (non-hydrogen) atoms. The van der Waals surface area contributed by atoms with Gasteiger partial charge < -0.3 is 10.6 Å². The summed E-state index contributed by atoms with van der Waals surface area (Å²) < 4.78 is 0. The highest BCUT2D eigenvalue weighted by Crippen LogP contribution is 2.17. The van der Waals surface area contributed by atoms with Crippen LogP contribution in [0, 0.1) is 0 Å². The Morgan fingerprint density at radius 3 is 2.65 bits per heavy atom. The van der Waals surface area contributed by atoms with E-state index in [1.54, 1.807) is 0 Å². The minimum Gasteiger partial charge on any atom is -0.338 e. The monoisotopic (exact) mass is 258 g/mol. The number of nitrogens with one attached hydrogen (secondary N) is 2. The van der Waals surface area contributed by atoms with Gasteiger partial charge in [0.15, 0.2) is 0 Å². The standard InChI is InChI=1S/C13H26N2OS/c1-17-11-7-3-6-10-14-13(16)15-12-8-4-2-5-9-12/h12H,2-11H2,1H3,(H2,14,15,16). The highest BCUT2D eigenvalue weighted by Gasteiger charge is 2.14. The molecule has 100 valence electrons. The van der Waals surface area contributed by atoms with E-state index in [2.05, 4.69) is 16.9 Å². The normalized spacial score (nSPS) is 16.8. The van der Waals surface area contributed by atoms with Crippen LogP contribution < -0.4 is 10.6 Å². The third kappa shape index (κ3) is 7.53. The van der Waals surface area contributed by atoms with E-state index in [1.807, 2.05) is 11.8 Å². The third-order valence-corrected chi connectivity index (χ3v) is 3.95. The number of thioether (sulfide) groups is 1. The molecule has 0 aromatic heterocycles. The van der Waals surface area contributed by atoms with E-state index in [1.165, 1.54) is 37.9 Å². The molecule has 0 saturated heterocycles. The molecule has 2 N–H and O–H groups in total. The molecule has 1 aliphatic rings. The summed E-state index contributed by atoms with van der Waals surface area (Å²) in [5.74, 6) is 1.23. The molecule has 4 heteroatoms. The van der Waals surface area contributed by atoms with Crippen LogP contribution >= 0.6 is 11.8 Å². The Bertz CT molecular complexity index is 206. The predicted molar refractivity (Wildman–Crippen MR) is 75.6 cm³/mol. The van der Waals surface area contributed by atoms with Crippen molar-refractivity contribution in [1.82, 2.24) is 10.6 Å². The Balaban J connectivity index is 1.93. The second-order valence-corrected chi connectivity index (χ2v) is 5.77. The van der Waals surface area contributed by atoms with E-state index in [0.717, 1.165) is 25.8 Å². The fourth-order valence-electron chi connectivity index (χ4n) is 2.23. The summed E-state index contributed by atoms with van der Waals surface area (Å²) in [7, 11) is 0. The lowest BCUT2D eigenvalue weighted by Crippen LogP contribution is -2.43. The third-order valence-electron chi connectivity index (χ3n) is 3.25. The topological polar surface area (TPSA) is 41.1 Å². The highest BCUT2D eigenvalue weighted by atomic mass is 32.2. The number of urea groups is 1. The molecule has 0 aromatic rings. The van der Waals surface area contributed by atoms with Crippen LogP contribution in [0.4, 0.5) is 4.79 Å². The SMILES string of the molecule is CSCCCCCNC(=O)NC1CCCCC1. The summed E-state index contributed by atoms with van der Waals surface area (Å²) in [5.41, 5.74) is 0. The van der Waals surface area contributed by atoms with Gasteiger partial charge in [0.2, 0.25) is 0 Å². The first kappa shape index (κ1) is 14.7. The first-order chi connectivity index (χ1) is 8.33. The van der Waals surface area contributed by atoms with Gasteiger partial charge in [-0.1, -0.05) is 25.7 Å². The summed E-state index contributed by atoms with van der Waals surface area (Å²) in [6.07, 6.45) is 11.9. The van der Waals surface area contributed by atoms with Gasteiger partial charge >= 0.3 is 6.03 Å². The predicted octanol–water partition coefficient (Wildman–Crippen LogP) is 3.15. The maximum atomic E-state index is 11.6. The van der Waals surface area contributed by atoms with Crippen molar-refractivity contribution < 1.29 is 4.79 Å². The van der Waals surface area contributed by atoms with E-state index in [0.29, 0.717) is 6.04 Å². The van der Waals surface area contributed by atoms with Crippen LogP contribution in [0.25, 0.3) is 0 Å².